The van der Waals surface area contributed by atoms with Crippen molar-refractivity contribution in [1.29, 1.82) is 0 Å². The van der Waals surface area contributed by atoms with E-state index in [1.165, 1.54) is 0 Å². The number of rotatable bonds is 3. The molecule has 0 fully saturated rings. The molecule has 84 valence electrons. The third-order valence-electron chi connectivity index (χ3n) is 2.30. The van der Waals surface area contributed by atoms with Crippen LogP contribution in [0.2, 0.25) is 0 Å². The topological polar surface area (TPSA) is 62.7 Å². The van der Waals surface area contributed by atoms with Crippen LogP contribution in [0.15, 0.2) is 30.7 Å². The van der Waals surface area contributed by atoms with Crippen molar-refractivity contribution >= 4 is 11.9 Å². The van der Waals surface area contributed by atoms with E-state index >= 15 is 0 Å². The van der Waals surface area contributed by atoms with Crippen LogP contribution in [0.3, 0.4) is 0 Å². The summed E-state index contributed by atoms with van der Waals surface area (Å²) in [6.07, 6.45) is 5.15. The second-order valence-corrected chi connectivity index (χ2v) is 3.79. The van der Waals surface area contributed by atoms with E-state index in [2.05, 4.69) is 15.3 Å². The zero-order valence-corrected chi connectivity index (χ0v) is 9.27. The highest BCUT2D eigenvalue weighted by molar-refractivity contribution is 6.02. The van der Waals surface area contributed by atoms with Crippen LogP contribution in [-0.2, 0) is 0 Å². The van der Waals surface area contributed by atoms with Gasteiger partial charge in [-0.2, -0.15) is 0 Å². The van der Waals surface area contributed by atoms with Crippen molar-refractivity contribution < 1.29 is 4.79 Å². The number of H-pyrrole nitrogens is 1. The van der Waals surface area contributed by atoms with Gasteiger partial charge >= 0.3 is 0 Å². The smallest absolute Gasteiger partial charge is 0.274 e. The summed E-state index contributed by atoms with van der Waals surface area (Å²) < 4.78 is 1.91. The van der Waals surface area contributed by atoms with Crippen molar-refractivity contribution in [3.8, 4) is 0 Å². The van der Waals surface area contributed by atoms with Crippen molar-refractivity contribution in [3.63, 3.8) is 0 Å². The number of hydrogen-bond acceptors (Lipinski definition) is 2. The predicted octanol–water partition coefficient (Wildman–Crippen LogP) is 2.04. The van der Waals surface area contributed by atoms with Gasteiger partial charge in [-0.25, -0.2) is 4.98 Å². The third kappa shape index (κ3) is 1.98. The van der Waals surface area contributed by atoms with Gasteiger partial charge in [0.05, 0.1) is 0 Å². The van der Waals surface area contributed by atoms with Gasteiger partial charge in [0.1, 0.15) is 5.69 Å². The first-order chi connectivity index (χ1) is 7.68. The van der Waals surface area contributed by atoms with Crippen LogP contribution >= 0.6 is 0 Å². The molecule has 0 spiro atoms. The Hall–Kier alpha value is -2.04. The molecule has 2 rings (SSSR count). The molecule has 0 atom stereocenters. The summed E-state index contributed by atoms with van der Waals surface area (Å²) in [5.74, 6) is 0.301. The summed E-state index contributed by atoms with van der Waals surface area (Å²) in [5.41, 5.74) is 0.631. The van der Waals surface area contributed by atoms with Gasteiger partial charge < -0.3 is 9.55 Å². The number of aromatic amines is 1. The first kappa shape index (κ1) is 10.5. The minimum Gasteiger partial charge on any atom is -0.341 e. The SMILES string of the molecule is CC(C)n1cccc1C(=O)Nc1ncc[nH]1. The Morgan fingerprint density at radius 1 is 1.56 bits per heavy atom. The second-order valence-electron chi connectivity index (χ2n) is 3.79. The molecule has 0 aromatic carbocycles. The summed E-state index contributed by atoms with van der Waals surface area (Å²) in [7, 11) is 0. The number of carbonyl (C=O) groups excluding carboxylic acids is 1. The van der Waals surface area contributed by atoms with Gasteiger partial charge in [0.25, 0.3) is 5.91 Å². The van der Waals surface area contributed by atoms with E-state index in [-0.39, 0.29) is 11.9 Å². The average molecular weight is 218 g/mol. The maximum Gasteiger partial charge on any atom is 0.274 e. The molecular formula is C11H14N4O. The monoisotopic (exact) mass is 218 g/mol. The summed E-state index contributed by atoms with van der Waals surface area (Å²) in [5, 5.41) is 2.69. The molecule has 0 aliphatic rings. The van der Waals surface area contributed by atoms with Crippen LogP contribution in [0.1, 0.15) is 30.4 Å². The summed E-state index contributed by atoms with van der Waals surface area (Å²) in [6.45, 7) is 4.06. The zero-order chi connectivity index (χ0) is 11.5. The predicted molar refractivity (Wildman–Crippen MR) is 61.4 cm³/mol. The van der Waals surface area contributed by atoms with E-state index in [4.69, 9.17) is 0 Å². The van der Waals surface area contributed by atoms with Gasteiger partial charge in [0, 0.05) is 24.6 Å². The van der Waals surface area contributed by atoms with E-state index in [1.54, 1.807) is 18.5 Å². The van der Waals surface area contributed by atoms with E-state index in [1.807, 2.05) is 30.7 Å². The van der Waals surface area contributed by atoms with Gasteiger partial charge in [-0.05, 0) is 26.0 Å². The molecule has 16 heavy (non-hydrogen) atoms. The number of nitrogens with one attached hydrogen (secondary N) is 2. The van der Waals surface area contributed by atoms with E-state index in [9.17, 15) is 4.79 Å². The van der Waals surface area contributed by atoms with Crippen molar-refractivity contribution in [2.24, 2.45) is 0 Å². The molecule has 0 saturated carbocycles. The second kappa shape index (κ2) is 4.22. The van der Waals surface area contributed by atoms with Crippen LogP contribution in [0.4, 0.5) is 5.95 Å². The molecule has 0 aliphatic carbocycles. The average Bonchev–Trinajstić information content (AvgIpc) is 2.86. The highest BCUT2D eigenvalue weighted by Crippen LogP contribution is 2.12. The molecule has 2 aromatic rings. The van der Waals surface area contributed by atoms with Crippen molar-refractivity contribution in [1.82, 2.24) is 14.5 Å². The highest BCUT2D eigenvalue weighted by Gasteiger charge is 2.13. The summed E-state index contributed by atoms with van der Waals surface area (Å²) in [4.78, 5) is 18.7. The lowest BCUT2D eigenvalue weighted by Crippen LogP contribution is -2.18. The maximum atomic E-state index is 11.9. The number of nitrogens with zero attached hydrogens (tertiary/aromatic N) is 2. The number of carbonyl (C=O) groups is 1. The normalized spacial score (nSPS) is 10.7. The Morgan fingerprint density at radius 2 is 2.38 bits per heavy atom. The van der Waals surface area contributed by atoms with Crippen molar-refractivity contribution in [2.75, 3.05) is 5.32 Å². The number of aromatic nitrogens is 3. The lowest BCUT2D eigenvalue weighted by Gasteiger charge is -2.11. The first-order valence-corrected chi connectivity index (χ1v) is 5.16. The highest BCUT2D eigenvalue weighted by atomic mass is 16.2. The lowest BCUT2D eigenvalue weighted by atomic mass is 10.3. The van der Waals surface area contributed by atoms with Gasteiger partial charge in [0.2, 0.25) is 5.95 Å². The van der Waals surface area contributed by atoms with Crippen molar-refractivity contribution in [2.45, 2.75) is 19.9 Å². The van der Waals surface area contributed by atoms with Gasteiger partial charge in [-0.3, -0.25) is 10.1 Å². The van der Waals surface area contributed by atoms with E-state index in [0.29, 0.717) is 11.6 Å². The fourth-order valence-electron chi connectivity index (χ4n) is 1.54. The van der Waals surface area contributed by atoms with Crippen LogP contribution in [0, 0.1) is 0 Å². The molecule has 5 heteroatoms. The molecule has 1 amide bonds. The summed E-state index contributed by atoms with van der Waals surface area (Å²) >= 11 is 0. The van der Waals surface area contributed by atoms with Gasteiger partial charge in [0.15, 0.2) is 0 Å². The molecular weight excluding hydrogens is 204 g/mol. The quantitative estimate of drug-likeness (QED) is 0.828. The Kier molecular flexibility index (Phi) is 2.76. The largest absolute Gasteiger partial charge is 0.341 e. The standard InChI is InChI=1S/C11H14N4O/c1-8(2)15-7-3-4-9(15)10(16)14-11-12-5-6-13-11/h3-8H,1-2H3,(H2,12,13,14,16). The van der Waals surface area contributed by atoms with Crippen LogP contribution < -0.4 is 5.32 Å². The lowest BCUT2D eigenvalue weighted by molar-refractivity contribution is 0.101. The van der Waals surface area contributed by atoms with E-state index < -0.39 is 0 Å². The molecule has 2 N–H and O–H groups in total. The van der Waals surface area contributed by atoms with Gasteiger partial charge in [-0.1, -0.05) is 0 Å². The third-order valence-corrected chi connectivity index (χ3v) is 2.30. The molecule has 2 aromatic heterocycles. The zero-order valence-electron chi connectivity index (χ0n) is 9.27. The summed E-state index contributed by atoms with van der Waals surface area (Å²) in [6, 6.07) is 3.90. The van der Waals surface area contributed by atoms with Crippen LogP contribution in [0.25, 0.3) is 0 Å². The molecule has 0 radical (unpaired) electrons. The molecule has 0 unspecified atom stereocenters. The molecule has 0 aliphatic heterocycles. The van der Waals surface area contributed by atoms with Gasteiger partial charge in [-0.15, -0.1) is 0 Å². The van der Waals surface area contributed by atoms with E-state index in [0.717, 1.165) is 0 Å². The number of imidazole rings is 1. The minimum atomic E-state index is -0.159. The first-order valence-electron chi connectivity index (χ1n) is 5.16. The Labute approximate surface area is 93.5 Å². The molecule has 5 nitrogen and oxygen atoms in total. The van der Waals surface area contributed by atoms with Crippen LogP contribution in [0.5, 0.6) is 0 Å². The van der Waals surface area contributed by atoms with Crippen molar-refractivity contribution in [3.05, 3.63) is 36.4 Å². The fourth-order valence-corrected chi connectivity index (χ4v) is 1.54. The number of amides is 1. The Bertz CT molecular complexity index is 470. The minimum absolute atomic E-state index is 0.159. The molecule has 0 saturated heterocycles. The Balaban J connectivity index is 2.18. The molecule has 2 heterocycles. The number of hydrogen-bond donors (Lipinski definition) is 2. The van der Waals surface area contributed by atoms with Crippen LogP contribution in [-0.4, -0.2) is 20.4 Å². The Morgan fingerprint density at radius 3 is 3.00 bits per heavy atom. The number of anilines is 1. The fraction of sp³-hybridized carbons (Fsp3) is 0.273. The maximum absolute atomic E-state index is 11.9. The molecule has 0 bridgehead atoms.